The Morgan fingerprint density at radius 2 is 1.67 bits per heavy atom. The number of aromatic nitrogens is 1. The summed E-state index contributed by atoms with van der Waals surface area (Å²) in [5.74, 6) is -0.135. The van der Waals surface area contributed by atoms with E-state index in [0.717, 1.165) is 37.2 Å². The van der Waals surface area contributed by atoms with Gasteiger partial charge in [0.2, 0.25) is 5.89 Å². The first kappa shape index (κ1) is 27.8. The molecule has 0 N–H and O–H groups in total. The van der Waals surface area contributed by atoms with E-state index in [-0.39, 0.29) is 25.4 Å². The number of sulfone groups is 1. The minimum absolute atomic E-state index is 0. The fourth-order valence-electron chi connectivity index (χ4n) is 4.53. The van der Waals surface area contributed by atoms with Gasteiger partial charge in [0.15, 0.2) is 9.84 Å². The van der Waals surface area contributed by atoms with Crippen molar-refractivity contribution in [3.05, 3.63) is 77.2 Å². The van der Waals surface area contributed by atoms with E-state index in [2.05, 4.69) is 22.0 Å². The van der Waals surface area contributed by atoms with Gasteiger partial charge in [0.1, 0.15) is 17.3 Å². The van der Waals surface area contributed by atoms with Gasteiger partial charge in [-0.3, -0.25) is 9.69 Å². The highest BCUT2D eigenvalue weighted by Crippen LogP contribution is 2.24. The molecule has 4 rings (SSSR count). The van der Waals surface area contributed by atoms with Crippen LogP contribution in [0.4, 0.5) is 0 Å². The summed E-state index contributed by atoms with van der Waals surface area (Å²) in [7, 11) is -3.62. The topological polar surface area (TPSA) is 80.5 Å². The normalized spacial score (nSPS) is 14.4. The smallest absolute Gasteiger partial charge is 0.226 e. The van der Waals surface area contributed by atoms with E-state index in [4.69, 9.17) is 4.42 Å². The molecule has 3 aromatic rings. The third-order valence-electron chi connectivity index (χ3n) is 6.45. The first-order chi connectivity index (χ1) is 16.9. The lowest BCUT2D eigenvalue weighted by atomic mass is 10.1. The van der Waals surface area contributed by atoms with Gasteiger partial charge in [0.05, 0.1) is 11.4 Å². The molecule has 0 aliphatic carbocycles. The number of carbonyl (C=O) groups excluding carboxylic acids is 1. The van der Waals surface area contributed by atoms with Crippen LogP contribution in [0.15, 0.2) is 59.0 Å². The number of hydrogen-bond donors (Lipinski definition) is 0. The number of carbonyl (C=O) groups is 1. The summed E-state index contributed by atoms with van der Waals surface area (Å²) >= 11 is 0. The van der Waals surface area contributed by atoms with Gasteiger partial charge >= 0.3 is 0 Å². The Balaban J connectivity index is 0.00000361. The Morgan fingerprint density at radius 3 is 2.36 bits per heavy atom. The van der Waals surface area contributed by atoms with Crippen molar-refractivity contribution in [3.8, 4) is 11.5 Å². The summed E-state index contributed by atoms with van der Waals surface area (Å²) in [5.41, 5.74) is 3.58. The third-order valence-corrected chi connectivity index (χ3v) is 7.92. The Kier molecular flexibility index (Phi) is 10.0. The van der Waals surface area contributed by atoms with Crippen LogP contribution in [0, 0.1) is 6.92 Å². The Labute approximate surface area is 215 Å². The van der Waals surface area contributed by atoms with E-state index in [1.54, 1.807) is 6.92 Å². The highest BCUT2D eigenvalue weighted by molar-refractivity contribution is 7.91. The van der Waals surface area contributed by atoms with Gasteiger partial charge in [-0.1, -0.05) is 56.3 Å². The summed E-state index contributed by atoms with van der Waals surface area (Å²) in [5, 5.41) is 0. The second kappa shape index (κ2) is 13.0. The molecule has 1 aromatic heterocycles. The number of aryl methyl sites for hydroxylation is 2. The molecule has 0 unspecified atom stereocenters. The van der Waals surface area contributed by atoms with Crippen molar-refractivity contribution in [1.82, 2.24) is 9.88 Å². The zero-order valence-electron chi connectivity index (χ0n) is 20.4. The molecule has 0 amide bonds. The van der Waals surface area contributed by atoms with Crippen LogP contribution in [0.25, 0.3) is 11.5 Å². The maximum Gasteiger partial charge on any atom is 0.226 e. The van der Waals surface area contributed by atoms with Crippen LogP contribution in [-0.2, 0) is 33.4 Å². The summed E-state index contributed by atoms with van der Waals surface area (Å²) < 4.78 is 31.1. The fraction of sp³-hybridized carbons (Fsp3) is 0.448. The zero-order chi connectivity index (χ0) is 24.7. The van der Waals surface area contributed by atoms with Crippen molar-refractivity contribution < 1.29 is 17.6 Å². The molecule has 2 aromatic carbocycles. The quantitative estimate of drug-likeness (QED) is 0.325. The Hall–Kier alpha value is -2.77. The Bertz CT molecular complexity index is 1210. The number of rotatable bonds is 11. The van der Waals surface area contributed by atoms with Crippen LogP contribution >= 0.6 is 0 Å². The predicted molar refractivity (Wildman–Crippen MR) is 144 cm³/mol. The second-order valence-corrected chi connectivity index (χ2v) is 11.5. The van der Waals surface area contributed by atoms with Crippen molar-refractivity contribution in [3.63, 3.8) is 0 Å². The first-order valence-corrected chi connectivity index (χ1v) is 14.2. The molecule has 1 saturated heterocycles. The molecule has 0 bridgehead atoms. The number of ketones is 1. The van der Waals surface area contributed by atoms with E-state index < -0.39 is 15.6 Å². The molecule has 0 atom stereocenters. The van der Waals surface area contributed by atoms with Crippen molar-refractivity contribution in [2.45, 2.75) is 65.2 Å². The number of piperidine rings is 1. The molecule has 1 aliphatic heterocycles. The molecule has 6 nitrogen and oxygen atoms in total. The van der Waals surface area contributed by atoms with Crippen LogP contribution < -0.4 is 0 Å². The van der Waals surface area contributed by atoms with Crippen molar-refractivity contribution in [2.75, 3.05) is 18.8 Å². The summed E-state index contributed by atoms with van der Waals surface area (Å²) in [6.07, 6.45) is 5.49. The van der Waals surface area contributed by atoms with Crippen molar-refractivity contribution >= 4 is 15.6 Å². The molecule has 1 aliphatic rings. The van der Waals surface area contributed by atoms with E-state index in [1.807, 2.05) is 42.5 Å². The lowest BCUT2D eigenvalue weighted by Gasteiger charge is -2.26. The Morgan fingerprint density at radius 1 is 0.972 bits per heavy atom. The first-order valence-electron chi connectivity index (χ1n) is 12.4. The molecule has 0 radical (unpaired) electrons. The molecule has 194 valence electrons. The van der Waals surface area contributed by atoms with Crippen molar-refractivity contribution in [2.24, 2.45) is 0 Å². The minimum atomic E-state index is -3.62. The number of Topliss-reactive ketones (excluding diaryl/α,β-unsaturated/α-hetero) is 1. The summed E-state index contributed by atoms with van der Waals surface area (Å²) in [6.45, 7) is 4.95. The monoisotopic (exact) mass is 510 g/mol. The SMILES string of the molecule is C.Cc1oc(-c2ccc(CN3CCCCC3)cc2)nc1CS(=O)(=O)CC(=O)CCCc1ccccc1. The average Bonchev–Trinajstić information content (AvgIpc) is 3.20. The molecule has 7 heteroatoms. The van der Waals surface area contributed by atoms with Gasteiger partial charge in [-0.2, -0.15) is 0 Å². The predicted octanol–water partition coefficient (Wildman–Crippen LogP) is 5.78. The molecular formula is C29H38N2O4S. The molecular weight excluding hydrogens is 472 g/mol. The number of hydrogen-bond acceptors (Lipinski definition) is 6. The molecule has 36 heavy (non-hydrogen) atoms. The molecule has 0 spiro atoms. The largest absolute Gasteiger partial charge is 0.441 e. The van der Waals surface area contributed by atoms with E-state index in [0.29, 0.717) is 23.8 Å². The maximum atomic E-state index is 12.7. The zero-order valence-corrected chi connectivity index (χ0v) is 21.2. The summed E-state index contributed by atoms with van der Waals surface area (Å²) in [4.78, 5) is 19.2. The molecule has 1 fully saturated rings. The van der Waals surface area contributed by atoms with Gasteiger partial charge < -0.3 is 4.42 Å². The number of oxazole rings is 1. The van der Waals surface area contributed by atoms with Crippen LogP contribution in [0.1, 0.15) is 62.1 Å². The molecule has 0 saturated carbocycles. The number of likely N-dealkylation sites (tertiary alicyclic amines) is 1. The maximum absolute atomic E-state index is 12.7. The van der Waals surface area contributed by atoms with Gasteiger partial charge in [-0.15, -0.1) is 0 Å². The van der Waals surface area contributed by atoms with Crippen LogP contribution in [-0.4, -0.2) is 42.9 Å². The van der Waals surface area contributed by atoms with E-state index >= 15 is 0 Å². The third kappa shape index (κ3) is 8.14. The number of benzene rings is 2. The standard InChI is InChI=1S/C28H34N2O4S.CH4/c1-22-27(21-35(32,33)20-26(31)12-8-11-23-9-4-2-5-10-23)29-28(34-22)25-15-13-24(14-16-25)19-30-17-6-3-7-18-30;/h2,4-5,9-10,13-16H,3,6-8,11-12,17-21H2,1H3;1H4. The fourth-order valence-corrected chi connectivity index (χ4v) is 5.95. The highest BCUT2D eigenvalue weighted by atomic mass is 32.2. The highest BCUT2D eigenvalue weighted by Gasteiger charge is 2.22. The summed E-state index contributed by atoms with van der Waals surface area (Å²) in [6, 6.07) is 18.0. The van der Waals surface area contributed by atoms with Gasteiger partial charge in [-0.05, 0) is 69.0 Å². The van der Waals surface area contributed by atoms with Crippen molar-refractivity contribution in [1.29, 1.82) is 0 Å². The van der Waals surface area contributed by atoms with Crippen LogP contribution in [0.3, 0.4) is 0 Å². The van der Waals surface area contributed by atoms with Gasteiger partial charge in [0, 0.05) is 18.5 Å². The lowest BCUT2D eigenvalue weighted by molar-refractivity contribution is -0.116. The van der Waals surface area contributed by atoms with Gasteiger partial charge in [0.25, 0.3) is 0 Å². The second-order valence-electron chi connectivity index (χ2n) is 9.47. The van der Waals surface area contributed by atoms with E-state index in [9.17, 15) is 13.2 Å². The van der Waals surface area contributed by atoms with Crippen LogP contribution in [0.2, 0.25) is 0 Å². The molecule has 2 heterocycles. The van der Waals surface area contributed by atoms with Crippen LogP contribution in [0.5, 0.6) is 0 Å². The van der Waals surface area contributed by atoms with E-state index in [1.165, 1.54) is 24.8 Å². The van der Waals surface area contributed by atoms with Gasteiger partial charge in [-0.25, -0.2) is 13.4 Å². The minimum Gasteiger partial charge on any atom is -0.441 e. The average molecular weight is 511 g/mol. The number of nitrogens with zero attached hydrogens (tertiary/aromatic N) is 2. The lowest BCUT2D eigenvalue weighted by Crippen LogP contribution is -2.28.